The van der Waals surface area contributed by atoms with Gasteiger partial charge in [-0.1, -0.05) is 30.3 Å². The number of aromatic hydroxyl groups is 1. The van der Waals surface area contributed by atoms with Gasteiger partial charge in [0, 0.05) is 23.6 Å². The number of hydrogen-bond acceptors (Lipinski definition) is 4. The summed E-state index contributed by atoms with van der Waals surface area (Å²) >= 11 is 0. The summed E-state index contributed by atoms with van der Waals surface area (Å²) < 4.78 is 7.03. The molecule has 28 heavy (non-hydrogen) atoms. The van der Waals surface area contributed by atoms with Gasteiger partial charge in [-0.05, 0) is 48.1 Å². The van der Waals surface area contributed by atoms with Gasteiger partial charge in [0.25, 0.3) is 0 Å². The number of rotatable bonds is 7. The van der Waals surface area contributed by atoms with E-state index in [1.165, 1.54) is 25.3 Å². The van der Waals surface area contributed by atoms with Crippen molar-refractivity contribution in [2.45, 2.75) is 6.42 Å². The van der Waals surface area contributed by atoms with E-state index < -0.39 is 0 Å². The van der Waals surface area contributed by atoms with Gasteiger partial charge in [0.2, 0.25) is 0 Å². The van der Waals surface area contributed by atoms with Crippen LogP contribution in [0.3, 0.4) is 0 Å². The molecule has 5 heteroatoms. The fourth-order valence-electron chi connectivity index (χ4n) is 2.93. The minimum Gasteiger partial charge on any atom is -0.504 e. The number of aryl methyl sites for hydroxylation is 1. The van der Waals surface area contributed by atoms with Gasteiger partial charge in [-0.15, -0.1) is 0 Å². The van der Waals surface area contributed by atoms with Crippen LogP contribution >= 0.6 is 0 Å². The van der Waals surface area contributed by atoms with Gasteiger partial charge in [-0.25, -0.2) is 0 Å². The Bertz CT molecular complexity index is 1090. The third kappa shape index (κ3) is 4.38. The van der Waals surface area contributed by atoms with E-state index in [-0.39, 0.29) is 23.7 Å². The van der Waals surface area contributed by atoms with E-state index >= 15 is 0 Å². The number of carbonyl (C=O) groups excluding carboxylic acids is 2. The van der Waals surface area contributed by atoms with Crippen molar-refractivity contribution in [1.29, 1.82) is 0 Å². The van der Waals surface area contributed by atoms with Crippen LogP contribution in [-0.2, 0) is 16.6 Å². The van der Waals surface area contributed by atoms with Crippen LogP contribution in [0, 0.1) is 0 Å². The second-order valence-electron chi connectivity index (χ2n) is 6.39. The highest BCUT2D eigenvalue weighted by atomic mass is 16.5. The summed E-state index contributed by atoms with van der Waals surface area (Å²) in [6.45, 7) is 0. The van der Waals surface area contributed by atoms with E-state index in [0.29, 0.717) is 11.3 Å². The first kappa shape index (κ1) is 19.2. The lowest BCUT2D eigenvalue weighted by Gasteiger charge is -2.03. The molecule has 2 aromatic carbocycles. The average molecular weight is 375 g/mol. The lowest BCUT2D eigenvalue weighted by atomic mass is 10.1. The van der Waals surface area contributed by atoms with Crippen molar-refractivity contribution < 1.29 is 19.4 Å². The molecule has 0 unspecified atom stereocenters. The van der Waals surface area contributed by atoms with Gasteiger partial charge in [0.1, 0.15) is 0 Å². The Labute approximate surface area is 163 Å². The van der Waals surface area contributed by atoms with Crippen LogP contribution in [0.2, 0.25) is 0 Å². The molecule has 0 saturated carbocycles. The molecular weight excluding hydrogens is 354 g/mol. The van der Waals surface area contributed by atoms with E-state index in [2.05, 4.69) is 0 Å². The maximum absolute atomic E-state index is 12.1. The highest BCUT2D eigenvalue weighted by Gasteiger charge is 2.06. The van der Waals surface area contributed by atoms with Crippen LogP contribution in [0.5, 0.6) is 11.5 Å². The van der Waals surface area contributed by atoms with Gasteiger partial charge in [-0.3, -0.25) is 9.59 Å². The second kappa shape index (κ2) is 8.39. The minimum absolute atomic E-state index is 0.0274. The quantitative estimate of drug-likeness (QED) is 0.498. The number of benzene rings is 2. The van der Waals surface area contributed by atoms with Crippen molar-refractivity contribution in [3.05, 3.63) is 71.9 Å². The molecule has 0 atom stereocenters. The Hall–Kier alpha value is -3.60. The van der Waals surface area contributed by atoms with Crippen molar-refractivity contribution in [3.8, 4) is 11.5 Å². The predicted octanol–water partition coefficient (Wildman–Crippen LogP) is 4.15. The van der Waals surface area contributed by atoms with Crippen LogP contribution < -0.4 is 4.74 Å². The first-order valence-corrected chi connectivity index (χ1v) is 8.81. The number of aromatic nitrogens is 1. The molecule has 0 saturated heterocycles. The summed E-state index contributed by atoms with van der Waals surface area (Å²) in [5.41, 5.74) is 2.67. The fraction of sp³-hybridized carbons (Fsp3) is 0.130. The molecular formula is C23H21NO4. The van der Waals surface area contributed by atoms with Crippen LogP contribution in [0.1, 0.15) is 17.7 Å². The lowest BCUT2D eigenvalue weighted by Crippen LogP contribution is -2.02. The number of hydrogen-bond donors (Lipinski definition) is 1. The molecule has 1 heterocycles. The molecule has 142 valence electrons. The maximum atomic E-state index is 12.1. The summed E-state index contributed by atoms with van der Waals surface area (Å²) in [5.74, 6) is -0.204. The summed E-state index contributed by atoms with van der Waals surface area (Å²) in [6.07, 6.45) is 5.90. The predicted molar refractivity (Wildman–Crippen MR) is 110 cm³/mol. The summed E-state index contributed by atoms with van der Waals surface area (Å²) in [6, 6.07) is 14.7. The number of allylic oxidation sites excluding steroid dienone is 2. The number of ether oxygens (including phenoxy) is 1. The number of ketones is 2. The van der Waals surface area contributed by atoms with E-state index in [1.54, 1.807) is 24.3 Å². The first-order chi connectivity index (χ1) is 13.5. The van der Waals surface area contributed by atoms with Crippen molar-refractivity contribution >= 4 is 34.6 Å². The third-order valence-electron chi connectivity index (χ3n) is 4.44. The number of nitrogens with zero attached hydrogens (tertiary/aromatic N) is 1. The number of methoxy groups -OCH3 is 1. The molecule has 1 N–H and O–H groups in total. The topological polar surface area (TPSA) is 68.5 Å². The normalized spacial score (nSPS) is 11.5. The number of phenols is 1. The van der Waals surface area contributed by atoms with Crippen molar-refractivity contribution in [3.63, 3.8) is 0 Å². The van der Waals surface area contributed by atoms with E-state index in [9.17, 15) is 14.7 Å². The zero-order chi connectivity index (χ0) is 20.1. The number of fused-ring (bicyclic) bond motifs is 1. The zero-order valence-electron chi connectivity index (χ0n) is 15.8. The molecule has 0 spiro atoms. The molecule has 5 nitrogen and oxygen atoms in total. The monoisotopic (exact) mass is 375 g/mol. The van der Waals surface area contributed by atoms with Crippen LogP contribution in [-0.4, -0.2) is 28.3 Å². The molecule has 3 aromatic rings. The van der Waals surface area contributed by atoms with Gasteiger partial charge < -0.3 is 14.4 Å². The smallest absolute Gasteiger partial charge is 0.163 e. The van der Waals surface area contributed by atoms with Crippen molar-refractivity contribution in [2.75, 3.05) is 7.11 Å². The first-order valence-electron chi connectivity index (χ1n) is 8.81. The molecule has 0 aliphatic rings. The Morgan fingerprint density at radius 2 is 1.75 bits per heavy atom. The largest absolute Gasteiger partial charge is 0.504 e. The molecule has 0 radical (unpaired) electrons. The molecule has 1 aromatic heterocycles. The standard InChI is InChI=1S/C23H21NO4/c1-24-18(14-17-5-3-4-6-21(17)24)9-11-20(26)15-19(25)10-7-16-8-12-22(27)23(13-16)28-2/h3-14,27H,15H2,1-2H3/b10-7+,11-9+. The highest BCUT2D eigenvalue weighted by molar-refractivity contribution is 6.11. The maximum Gasteiger partial charge on any atom is 0.163 e. The number of para-hydroxylation sites is 1. The fourth-order valence-corrected chi connectivity index (χ4v) is 2.93. The highest BCUT2D eigenvalue weighted by Crippen LogP contribution is 2.26. The summed E-state index contributed by atoms with van der Waals surface area (Å²) in [7, 11) is 3.39. The van der Waals surface area contributed by atoms with E-state index in [4.69, 9.17) is 4.74 Å². The van der Waals surface area contributed by atoms with Crippen molar-refractivity contribution in [2.24, 2.45) is 7.05 Å². The molecule has 0 bridgehead atoms. The van der Waals surface area contributed by atoms with Gasteiger partial charge >= 0.3 is 0 Å². The third-order valence-corrected chi connectivity index (χ3v) is 4.44. The average Bonchev–Trinajstić information content (AvgIpc) is 3.02. The molecule has 0 aliphatic carbocycles. The SMILES string of the molecule is COc1cc(/C=C/C(=O)CC(=O)/C=C/c2cc3ccccc3n2C)ccc1O. The summed E-state index contributed by atoms with van der Waals surface area (Å²) in [4.78, 5) is 24.1. The lowest BCUT2D eigenvalue weighted by molar-refractivity contribution is -0.121. The van der Waals surface area contributed by atoms with Crippen molar-refractivity contribution in [1.82, 2.24) is 4.57 Å². The Kier molecular flexibility index (Phi) is 5.75. The van der Waals surface area contributed by atoms with E-state index in [0.717, 1.165) is 16.6 Å². The van der Waals surface area contributed by atoms with Crippen LogP contribution in [0.25, 0.3) is 23.1 Å². The second-order valence-corrected chi connectivity index (χ2v) is 6.39. The van der Waals surface area contributed by atoms with Gasteiger partial charge in [0.05, 0.1) is 13.5 Å². The zero-order valence-corrected chi connectivity index (χ0v) is 15.8. The number of phenolic OH excluding ortho intramolecular Hbond substituents is 1. The van der Waals surface area contributed by atoms with Crippen LogP contribution in [0.4, 0.5) is 0 Å². The number of carbonyl (C=O) groups is 2. The molecule has 0 amide bonds. The Balaban J connectivity index is 1.63. The summed E-state index contributed by atoms with van der Waals surface area (Å²) in [5, 5.41) is 10.7. The molecule has 3 rings (SSSR count). The van der Waals surface area contributed by atoms with Gasteiger partial charge in [0.15, 0.2) is 23.1 Å². The molecule has 0 fully saturated rings. The van der Waals surface area contributed by atoms with Gasteiger partial charge in [-0.2, -0.15) is 0 Å². The Morgan fingerprint density at radius 3 is 2.46 bits per heavy atom. The minimum atomic E-state index is -0.293. The van der Waals surface area contributed by atoms with Crippen LogP contribution in [0.15, 0.2) is 60.7 Å². The molecule has 0 aliphatic heterocycles. The Morgan fingerprint density at radius 1 is 1.04 bits per heavy atom. The van der Waals surface area contributed by atoms with E-state index in [1.807, 2.05) is 41.9 Å².